The van der Waals surface area contributed by atoms with Crippen LogP contribution in [0.2, 0.25) is 0 Å². The van der Waals surface area contributed by atoms with E-state index in [1.165, 1.54) is 0 Å². The summed E-state index contributed by atoms with van der Waals surface area (Å²) >= 11 is 0. The lowest BCUT2D eigenvalue weighted by molar-refractivity contribution is -0.155. The first-order chi connectivity index (χ1) is 6.25. The fraction of sp³-hybridized carbons (Fsp3) is 0.700. The second-order valence-corrected chi connectivity index (χ2v) is 3.22. The molecule has 0 aliphatic heterocycles. The predicted molar refractivity (Wildman–Crippen MR) is 49.1 cm³/mol. The number of carbonyl (C=O) groups excluding carboxylic acids is 1. The van der Waals surface area contributed by atoms with Crippen LogP contribution in [0.1, 0.15) is 26.2 Å². The zero-order valence-electron chi connectivity index (χ0n) is 7.90. The van der Waals surface area contributed by atoms with Crippen molar-refractivity contribution in [2.24, 2.45) is 5.92 Å². The Morgan fingerprint density at radius 2 is 2.54 bits per heavy atom. The van der Waals surface area contributed by atoms with E-state index in [0.717, 1.165) is 19.3 Å². The molecule has 1 aliphatic rings. The van der Waals surface area contributed by atoms with Crippen LogP contribution >= 0.6 is 0 Å². The fourth-order valence-electron chi connectivity index (χ4n) is 1.50. The molecule has 0 fully saturated rings. The highest BCUT2D eigenvalue weighted by Gasteiger charge is 2.25. The summed E-state index contributed by atoms with van der Waals surface area (Å²) in [6.45, 7) is 2.06. The summed E-state index contributed by atoms with van der Waals surface area (Å²) in [6, 6.07) is 0. The number of aliphatic hydroxyl groups is 1. The minimum atomic E-state index is -0.975. The Kier molecular flexibility index (Phi) is 3.96. The summed E-state index contributed by atoms with van der Waals surface area (Å²) < 4.78 is 4.73. The number of hydrogen-bond donors (Lipinski definition) is 1. The van der Waals surface area contributed by atoms with Crippen molar-refractivity contribution in [3.8, 4) is 0 Å². The maximum absolute atomic E-state index is 11.1. The van der Waals surface area contributed by atoms with Gasteiger partial charge in [-0.15, -0.1) is 0 Å². The quantitative estimate of drug-likeness (QED) is 0.530. The van der Waals surface area contributed by atoms with Crippen LogP contribution in [-0.4, -0.2) is 23.8 Å². The number of aliphatic hydroxyl groups excluding tert-OH is 1. The van der Waals surface area contributed by atoms with Crippen molar-refractivity contribution in [3.63, 3.8) is 0 Å². The van der Waals surface area contributed by atoms with Gasteiger partial charge in [0.15, 0.2) is 6.10 Å². The molecular formula is C10H16O3. The molecule has 1 aliphatic carbocycles. The lowest BCUT2D eigenvalue weighted by atomic mass is 9.91. The predicted octanol–water partition coefficient (Wildman–Crippen LogP) is 1.27. The number of allylic oxidation sites excluding steroid dienone is 1. The molecule has 74 valence electrons. The molecule has 13 heavy (non-hydrogen) atoms. The van der Waals surface area contributed by atoms with E-state index < -0.39 is 12.1 Å². The maximum atomic E-state index is 11.1. The topological polar surface area (TPSA) is 46.5 Å². The number of carbonyl (C=O) groups is 1. The highest BCUT2D eigenvalue weighted by Crippen LogP contribution is 2.20. The zero-order valence-corrected chi connectivity index (χ0v) is 7.90. The minimum Gasteiger partial charge on any atom is -0.464 e. The molecule has 3 nitrogen and oxygen atoms in total. The summed E-state index contributed by atoms with van der Waals surface area (Å²) in [5, 5.41) is 9.55. The molecule has 0 saturated heterocycles. The Bertz CT molecular complexity index is 198. The molecule has 1 rings (SSSR count). The second-order valence-electron chi connectivity index (χ2n) is 3.22. The van der Waals surface area contributed by atoms with Crippen molar-refractivity contribution < 1.29 is 14.6 Å². The van der Waals surface area contributed by atoms with Gasteiger partial charge in [0, 0.05) is 5.92 Å². The average Bonchev–Trinajstić information content (AvgIpc) is 2.18. The molecule has 0 bridgehead atoms. The van der Waals surface area contributed by atoms with Gasteiger partial charge in [0.05, 0.1) is 6.61 Å². The number of rotatable bonds is 3. The first kappa shape index (κ1) is 10.3. The molecular weight excluding hydrogens is 168 g/mol. The SMILES string of the molecule is CCOC(=O)[C@@H](O)[C@@H]1C=CCCC1. The summed E-state index contributed by atoms with van der Waals surface area (Å²) in [4.78, 5) is 11.1. The third-order valence-corrected chi connectivity index (χ3v) is 2.23. The third kappa shape index (κ3) is 2.84. The minimum absolute atomic E-state index is 0.0483. The molecule has 0 aromatic heterocycles. The smallest absolute Gasteiger partial charge is 0.335 e. The van der Waals surface area contributed by atoms with Crippen LogP contribution in [0.5, 0.6) is 0 Å². The van der Waals surface area contributed by atoms with Gasteiger partial charge in [0.1, 0.15) is 0 Å². The highest BCUT2D eigenvalue weighted by atomic mass is 16.5. The van der Waals surface area contributed by atoms with Crippen LogP contribution in [0.4, 0.5) is 0 Å². The van der Waals surface area contributed by atoms with Crippen LogP contribution in [0.15, 0.2) is 12.2 Å². The first-order valence-corrected chi connectivity index (χ1v) is 4.77. The summed E-state index contributed by atoms with van der Waals surface area (Å²) in [5.41, 5.74) is 0. The maximum Gasteiger partial charge on any atom is 0.335 e. The first-order valence-electron chi connectivity index (χ1n) is 4.77. The fourth-order valence-corrected chi connectivity index (χ4v) is 1.50. The van der Waals surface area contributed by atoms with E-state index >= 15 is 0 Å². The largest absolute Gasteiger partial charge is 0.464 e. The molecule has 1 N–H and O–H groups in total. The normalized spacial score (nSPS) is 24.0. The van der Waals surface area contributed by atoms with Crippen molar-refractivity contribution in [2.75, 3.05) is 6.61 Å². The van der Waals surface area contributed by atoms with Gasteiger partial charge in [0.25, 0.3) is 0 Å². The number of hydrogen-bond acceptors (Lipinski definition) is 3. The third-order valence-electron chi connectivity index (χ3n) is 2.23. The van der Waals surface area contributed by atoms with Gasteiger partial charge in [-0.2, -0.15) is 0 Å². The van der Waals surface area contributed by atoms with Crippen molar-refractivity contribution in [1.82, 2.24) is 0 Å². The van der Waals surface area contributed by atoms with Gasteiger partial charge < -0.3 is 9.84 Å². The van der Waals surface area contributed by atoms with E-state index in [1.807, 2.05) is 12.2 Å². The van der Waals surface area contributed by atoms with E-state index in [4.69, 9.17) is 4.74 Å². The molecule has 3 heteroatoms. The molecule has 0 aromatic carbocycles. The van der Waals surface area contributed by atoms with Crippen molar-refractivity contribution in [3.05, 3.63) is 12.2 Å². The van der Waals surface area contributed by atoms with Gasteiger partial charge in [-0.05, 0) is 26.2 Å². The Balaban J connectivity index is 2.45. The van der Waals surface area contributed by atoms with Crippen molar-refractivity contribution in [1.29, 1.82) is 0 Å². The van der Waals surface area contributed by atoms with Crippen molar-refractivity contribution >= 4 is 5.97 Å². The van der Waals surface area contributed by atoms with Crippen LogP contribution in [0.25, 0.3) is 0 Å². The summed E-state index contributed by atoms with van der Waals surface area (Å²) in [6.07, 6.45) is 5.90. The molecule has 0 unspecified atom stereocenters. The number of ether oxygens (including phenoxy) is 1. The highest BCUT2D eigenvalue weighted by molar-refractivity contribution is 5.75. The van der Waals surface area contributed by atoms with Crippen LogP contribution in [0, 0.1) is 5.92 Å². The lowest BCUT2D eigenvalue weighted by Crippen LogP contribution is -2.31. The average molecular weight is 184 g/mol. The Morgan fingerprint density at radius 1 is 1.77 bits per heavy atom. The monoisotopic (exact) mass is 184 g/mol. The molecule has 0 radical (unpaired) electrons. The Morgan fingerprint density at radius 3 is 3.08 bits per heavy atom. The molecule has 0 amide bonds. The number of esters is 1. The molecule has 0 heterocycles. The van der Waals surface area contributed by atoms with Crippen molar-refractivity contribution in [2.45, 2.75) is 32.3 Å². The second kappa shape index (κ2) is 5.02. The van der Waals surface area contributed by atoms with E-state index in [-0.39, 0.29) is 5.92 Å². The van der Waals surface area contributed by atoms with E-state index in [9.17, 15) is 9.90 Å². The molecule has 0 spiro atoms. The zero-order chi connectivity index (χ0) is 9.68. The summed E-state index contributed by atoms with van der Waals surface area (Å²) in [5.74, 6) is -0.549. The van der Waals surface area contributed by atoms with Gasteiger partial charge in [-0.1, -0.05) is 12.2 Å². The molecule has 2 atom stereocenters. The van der Waals surface area contributed by atoms with Crippen LogP contribution < -0.4 is 0 Å². The molecule has 0 saturated carbocycles. The van der Waals surface area contributed by atoms with Gasteiger partial charge in [0.2, 0.25) is 0 Å². The lowest BCUT2D eigenvalue weighted by Gasteiger charge is -2.20. The molecule has 0 aromatic rings. The van der Waals surface area contributed by atoms with Crippen LogP contribution in [0.3, 0.4) is 0 Å². The van der Waals surface area contributed by atoms with E-state index in [0.29, 0.717) is 6.61 Å². The van der Waals surface area contributed by atoms with Gasteiger partial charge in [-0.25, -0.2) is 4.79 Å². The van der Waals surface area contributed by atoms with Crippen LogP contribution in [-0.2, 0) is 9.53 Å². The van der Waals surface area contributed by atoms with E-state index in [1.54, 1.807) is 6.92 Å². The van der Waals surface area contributed by atoms with E-state index in [2.05, 4.69) is 0 Å². The Labute approximate surface area is 78.4 Å². The Hall–Kier alpha value is -0.830. The summed E-state index contributed by atoms with van der Waals surface area (Å²) in [7, 11) is 0. The standard InChI is InChI=1S/C10H16O3/c1-2-13-10(12)9(11)8-6-4-3-5-7-8/h4,6,8-9,11H,2-3,5,7H2,1H3/t8-,9+/m1/s1. The van der Waals surface area contributed by atoms with Gasteiger partial charge in [-0.3, -0.25) is 0 Å². The van der Waals surface area contributed by atoms with Gasteiger partial charge >= 0.3 is 5.97 Å².